The highest BCUT2D eigenvalue weighted by Crippen LogP contribution is 2.23. The lowest BCUT2D eigenvalue weighted by Gasteiger charge is -2.27. The minimum Gasteiger partial charge on any atom is -0.316 e. The van der Waals surface area contributed by atoms with Crippen LogP contribution in [0.25, 0.3) is 0 Å². The molecule has 0 radical (unpaired) electrons. The van der Waals surface area contributed by atoms with Gasteiger partial charge in [0.15, 0.2) is 0 Å². The van der Waals surface area contributed by atoms with E-state index in [-0.39, 0.29) is 0 Å². The Morgan fingerprint density at radius 2 is 1.67 bits per heavy atom. The Bertz CT molecular complexity index is 87.2. The molecule has 0 unspecified atom stereocenters. The van der Waals surface area contributed by atoms with Gasteiger partial charge in [-0.05, 0) is 24.8 Å². The topological polar surface area (TPSA) is 12.0 Å². The minimum absolute atomic E-state index is 0.542. The molecule has 0 aromatic rings. The van der Waals surface area contributed by atoms with Crippen LogP contribution >= 0.6 is 0 Å². The van der Waals surface area contributed by atoms with E-state index in [4.69, 9.17) is 0 Å². The van der Waals surface area contributed by atoms with Crippen LogP contribution in [0.3, 0.4) is 0 Å². The highest BCUT2D eigenvalue weighted by Gasteiger charge is 2.17. The lowest BCUT2D eigenvalue weighted by atomic mass is 9.86. The van der Waals surface area contributed by atoms with Crippen LogP contribution in [0.1, 0.15) is 53.4 Å². The van der Waals surface area contributed by atoms with Crippen LogP contribution in [-0.2, 0) is 0 Å². The molecule has 1 aliphatic heterocycles. The monoisotopic (exact) mass is 171 g/mol. The number of hydrogen-bond donors (Lipinski definition) is 1. The summed E-state index contributed by atoms with van der Waals surface area (Å²) in [6.07, 6.45) is 5.60. The third kappa shape index (κ3) is 5.59. The highest BCUT2D eigenvalue weighted by atomic mass is 14.9. The Morgan fingerprint density at radius 1 is 1.00 bits per heavy atom. The third-order valence-corrected chi connectivity index (χ3v) is 2.31. The fourth-order valence-corrected chi connectivity index (χ4v) is 1.55. The summed E-state index contributed by atoms with van der Waals surface area (Å²) in [5.41, 5.74) is 0.542. The largest absolute Gasteiger partial charge is 0.316 e. The van der Waals surface area contributed by atoms with Crippen molar-refractivity contribution in [2.75, 3.05) is 13.1 Å². The van der Waals surface area contributed by atoms with Crippen LogP contribution in [0.4, 0.5) is 0 Å². The van der Waals surface area contributed by atoms with Crippen molar-refractivity contribution in [1.82, 2.24) is 5.32 Å². The minimum atomic E-state index is 0.542. The summed E-state index contributed by atoms with van der Waals surface area (Å²) in [6, 6.07) is 0. The SMILES string of the molecule is CC.CC1(C)CCCCCNC1. The maximum atomic E-state index is 3.48. The summed E-state index contributed by atoms with van der Waals surface area (Å²) in [6.45, 7) is 11.1. The Hall–Kier alpha value is -0.0400. The molecule has 12 heavy (non-hydrogen) atoms. The summed E-state index contributed by atoms with van der Waals surface area (Å²) >= 11 is 0. The van der Waals surface area contributed by atoms with E-state index < -0.39 is 0 Å². The van der Waals surface area contributed by atoms with E-state index in [1.54, 1.807) is 0 Å². The first-order valence-electron chi connectivity index (χ1n) is 5.41. The number of hydrogen-bond acceptors (Lipinski definition) is 1. The second kappa shape index (κ2) is 6.47. The average molecular weight is 171 g/mol. The first-order valence-corrected chi connectivity index (χ1v) is 5.41. The quantitative estimate of drug-likeness (QED) is 0.590. The summed E-state index contributed by atoms with van der Waals surface area (Å²) in [4.78, 5) is 0. The Morgan fingerprint density at radius 3 is 2.33 bits per heavy atom. The molecule has 74 valence electrons. The summed E-state index contributed by atoms with van der Waals surface area (Å²) in [5, 5.41) is 3.48. The van der Waals surface area contributed by atoms with Gasteiger partial charge in [0.2, 0.25) is 0 Å². The van der Waals surface area contributed by atoms with Crippen molar-refractivity contribution in [2.45, 2.75) is 53.4 Å². The molecule has 0 atom stereocenters. The molecule has 1 saturated heterocycles. The maximum Gasteiger partial charge on any atom is 0.000252 e. The third-order valence-electron chi connectivity index (χ3n) is 2.31. The molecular weight excluding hydrogens is 146 g/mol. The van der Waals surface area contributed by atoms with Crippen LogP contribution < -0.4 is 5.32 Å². The van der Waals surface area contributed by atoms with E-state index in [1.807, 2.05) is 13.8 Å². The Balaban J connectivity index is 0.000000561. The van der Waals surface area contributed by atoms with Gasteiger partial charge in [-0.1, -0.05) is 40.5 Å². The van der Waals surface area contributed by atoms with Crippen LogP contribution in [-0.4, -0.2) is 13.1 Å². The van der Waals surface area contributed by atoms with E-state index in [2.05, 4.69) is 19.2 Å². The molecule has 1 rings (SSSR count). The molecule has 0 amide bonds. The van der Waals surface area contributed by atoms with Crippen LogP contribution in [0.15, 0.2) is 0 Å². The molecule has 1 aliphatic rings. The van der Waals surface area contributed by atoms with Gasteiger partial charge in [0.1, 0.15) is 0 Å². The first kappa shape index (κ1) is 12.0. The lowest BCUT2D eigenvalue weighted by Crippen LogP contribution is -2.31. The molecule has 0 saturated carbocycles. The molecule has 1 fully saturated rings. The van der Waals surface area contributed by atoms with Crippen molar-refractivity contribution < 1.29 is 0 Å². The van der Waals surface area contributed by atoms with Gasteiger partial charge in [-0.2, -0.15) is 0 Å². The van der Waals surface area contributed by atoms with Crippen molar-refractivity contribution in [1.29, 1.82) is 0 Å². The number of nitrogens with one attached hydrogen (secondary N) is 1. The smallest absolute Gasteiger partial charge is 0.000252 e. The number of rotatable bonds is 0. The summed E-state index contributed by atoms with van der Waals surface area (Å²) in [5.74, 6) is 0. The van der Waals surface area contributed by atoms with Crippen molar-refractivity contribution >= 4 is 0 Å². The van der Waals surface area contributed by atoms with E-state index >= 15 is 0 Å². The highest BCUT2D eigenvalue weighted by molar-refractivity contribution is 4.73. The first-order chi connectivity index (χ1) is 5.71. The zero-order valence-electron chi connectivity index (χ0n) is 9.24. The predicted molar refractivity (Wildman–Crippen MR) is 56.5 cm³/mol. The van der Waals surface area contributed by atoms with Crippen LogP contribution in [0.2, 0.25) is 0 Å². The Labute approximate surface area is 77.9 Å². The lowest BCUT2D eigenvalue weighted by molar-refractivity contribution is 0.284. The summed E-state index contributed by atoms with van der Waals surface area (Å²) < 4.78 is 0. The average Bonchev–Trinajstić information content (AvgIpc) is 2.03. The van der Waals surface area contributed by atoms with E-state index in [9.17, 15) is 0 Å². The van der Waals surface area contributed by atoms with Crippen molar-refractivity contribution in [3.05, 3.63) is 0 Å². The molecule has 0 aliphatic carbocycles. The fraction of sp³-hybridized carbons (Fsp3) is 1.00. The fourth-order valence-electron chi connectivity index (χ4n) is 1.55. The van der Waals surface area contributed by atoms with Crippen molar-refractivity contribution in [3.63, 3.8) is 0 Å². The van der Waals surface area contributed by atoms with Crippen molar-refractivity contribution in [2.24, 2.45) is 5.41 Å². The van der Waals surface area contributed by atoms with Gasteiger partial charge < -0.3 is 5.32 Å². The maximum absolute atomic E-state index is 3.48. The van der Waals surface area contributed by atoms with Gasteiger partial charge in [-0.15, -0.1) is 0 Å². The summed E-state index contributed by atoms with van der Waals surface area (Å²) in [7, 11) is 0. The normalized spacial score (nSPS) is 23.0. The molecule has 0 bridgehead atoms. The molecule has 1 N–H and O–H groups in total. The van der Waals surface area contributed by atoms with E-state index in [1.165, 1.54) is 38.8 Å². The van der Waals surface area contributed by atoms with Gasteiger partial charge in [0.25, 0.3) is 0 Å². The van der Waals surface area contributed by atoms with Crippen LogP contribution in [0.5, 0.6) is 0 Å². The molecule has 0 spiro atoms. The molecule has 0 aromatic heterocycles. The van der Waals surface area contributed by atoms with Crippen molar-refractivity contribution in [3.8, 4) is 0 Å². The van der Waals surface area contributed by atoms with Gasteiger partial charge in [-0.25, -0.2) is 0 Å². The van der Waals surface area contributed by atoms with E-state index in [0.717, 1.165) is 0 Å². The second-order valence-corrected chi connectivity index (χ2v) is 4.15. The zero-order chi connectivity index (χ0) is 9.45. The molecule has 1 heteroatoms. The molecule has 0 aromatic carbocycles. The van der Waals surface area contributed by atoms with Gasteiger partial charge in [-0.3, -0.25) is 0 Å². The van der Waals surface area contributed by atoms with Crippen LogP contribution in [0, 0.1) is 5.41 Å². The second-order valence-electron chi connectivity index (χ2n) is 4.15. The van der Waals surface area contributed by atoms with Gasteiger partial charge in [0, 0.05) is 6.54 Å². The van der Waals surface area contributed by atoms with E-state index in [0.29, 0.717) is 5.41 Å². The predicted octanol–water partition coefficient (Wildman–Crippen LogP) is 3.20. The van der Waals surface area contributed by atoms with Gasteiger partial charge in [0.05, 0.1) is 0 Å². The molecular formula is C11H25N. The van der Waals surface area contributed by atoms with Gasteiger partial charge >= 0.3 is 0 Å². The molecule has 1 nitrogen and oxygen atoms in total. The molecule has 1 heterocycles. The zero-order valence-corrected chi connectivity index (χ0v) is 9.24. The standard InChI is InChI=1S/C9H19N.C2H6/c1-9(2)6-4-3-5-7-10-8-9;1-2/h10H,3-8H2,1-2H3;1-2H3. The Kier molecular flexibility index (Phi) is 6.45.